The first-order chi connectivity index (χ1) is 7.53. The zero-order valence-corrected chi connectivity index (χ0v) is 11.1. The van der Waals surface area contributed by atoms with Crippen LogP contribution in [0, 0.1) is 0 Å². The Morgan fingerprint density at radius 1 is 1.31 bits per heavy atom. The average molecular weight is 227 g/mol. The van der Waals surface area contributed by atoms with E-state index < -0.39 is 5.60 Å². The van der Waals surface area contributed by atoms with Crippen LogP contribution in [-0.2, 0) is 9.53 Å². The predicted molar refractivity (Wildman–Crippen MR) is 65.3 cm³/mol. The Hall–Kier alpha value is -0.570. The van der Waals surface area contributed by atoms with Crippen molar-refractivity contribution in [1.29, 1.82) is 0 Å². The highest BCUT2D eigenvalue weighted by Gasteiger charge is 2.34. The Labute approximate surface area is 99.1 Å². The normalized spacial score (nSPS) is 18.5. The predicted octanol–water partition coefficient (Wildman–Crippen LogP) is 2.59. The van der Waals surface area contributed by atoms with E-state index in [1.807, 2.05) is 18.7 Å². The van der Waals surface area contributed by atoms with E-state index >= 15 is 0 Å². The summed E-state index contributed by atoms with van der Waals surface area (Å²) in [7, 11) is 1.60. The number of likely N-dealkylation sites (N-methyl/N-ethyl adjacent to an activating group) is 1. The van der Waals surface area contributed by atoms with Crippen molar-refractivity contribution in [2.24, 2.45) is 0 Å². The molecule has 3 nitrogen and oxygen atoms in total. The number of hydrogen-bond acceptors (Lipinski definition) is 2. The number of carbonyl (C=O) groups excluding carboxylic acids is 1. The molecule has 0 aromatic heterocycles. The zero-order chi connectivity index (χ0) is 12.2. The Kier molecular flexibility index (Phi) is 4.78. The van der Waals surface area contributed by atoms with Crippen molar-refractivity contribution in [3.63, 3.8) is 0 Å². The van der Waals surface area contributed by atoms with Crippen LogP contribution in [0.15, 0.2) is 0 Å². The summed E-state index contributed by atoms with van der Waals surface area (Å²) in [4.78, 5) is 14.3. The van der Waals surface area contributed by atoms with E-state index in [0.717, 1.165) is 19.4 Å². The molecule has 3 heteroatoms. The number of ether oxygens (including phenoxy) is 1. The highest BCUT2D eigenvalue weighted by Crippen LogP contribution is 2.25. The fourth-order valence-electron chi connectivity index (χ4n) is 2.39. The van der Waals surface area contributed by atoms with Crippen LogP contribution < -0.4 is 0 Å². The van der Waals surface area contributed by atoms with Crippen molar-refractivity contribution in [3.8, 4) is 0 Å². The minimum atomic E-state index is -0.687. The van der Waals surface area contributed by atoms with Crippen LogP contribution in [-0.4, -0.2) is 36.1 Å². The third kappa shape index (κ3) is 2.97. The first-order valence-electron chi connectivity index (χ1n) is 6.39. The van der Waals surface area contributed by atoms with E-state index in [1.165, 1.54) is 19.3 Å². The first kappa shape index (κ1) is 13.5. The molecule has 0 aromatic rings. The summed E-state index contributed by atoms with van der Waals surface area (Å²) in [5.41, 5.74) is -0.687. The highest BCUT2D eigenvalue weighted by atomic mass is 16.5. The van der Waals surface area contributed by atoms with Crippen LogP contribution in [0.25, 0.3) is 0 Å². The van der Waals surface area contributed by atoms with Crippen LogP contribution in [0.4, 0.5) is 0 Å². The largest absolute Gasteiger partial charge is 0.369 e. The molecule has 0 spiro atoms. The number of methoxy groups -OCH3 is 1. The summed E-state index contributed by atoms with van der Waals surface area (Å²) < 4.78 is 5.28. The van der Waals surface area contributed by atoms with E-state index in [0.29, 0.717) is 6.04 Å². The second-order valence-electron chi connectivity index (χ2n) is 5.10. The van der Waals surface area contributed by atoms with Gasteiger partial charge in [0.25, 0.3) is 5.91 Å². The summed E-state index contributed by atoms with van der Waals surface area (Å²) in [6.45, 7) is 6.54. The monoisotopic (exact) mass is 227 g/mol. The molecule has 1 saturated carbocycles. The van der Waals surface area contributed by atoms with Crippen molar-refractivity contribution in [2.75, 3.05) is 13.7 Å². The molecule has 0 bridgehead atoms. The van der Waals surface area contributed by atoms with Gasteiger partial charge >= 0.3 is 0 Å². The highest BCUT2D eigenvalue weighted by molar-refractivity contribution is 5.84. The maximum atomic E-state index is 12.3. The number of carbonyl (C=O) groups is 1. The standard InChI is InChI=1S/C13H25NO2/c1-5-14(11-9-7-6-8-10-11)12(15)13(2,3)16-4/h11H,5-10H2,1-4H3. The SMILES string of the molecule is CCN(C(=O)C(C)(C)OC)C1CCCCC1. The Bertz CT molecular complexity index is 232. The quantitative estimate of drug-likeness (QED) is 0.739. The van der Waals surface area contributed by atoms with Crippen molar-refractivity contribution in [2.45, 2.75) is 64.5 Å². The van der Waals surface area contributed by atoms with E-state index in [1.54, 1.807) is 7.11 Å². The first-order valence-corrected chi connectivity index (χ1v) is 6.39. The van der Waals surface area contributed by atoms with Gasteiger partial charge in [0.15, 0.2) is 0 Å². The lowest BCUT2D eigenvalue weighted by Crippen LogP contribution is -2.51. The molecule has 0 aliphatic heterocycles. The van der Waals surface area contributed by atoms with E-state index in [2.05, 4.69) is 6.92 Å². The molecule has 1 aliphatic rings. The molecular weight excluding hydrogens is 202 g/mol. The topological polar surface area (TPSA) is 29.5 Å². The number of nitrogens with zero attached hydrogens (tertiary/aromatic N) is 1. The van der Waals surface area contributed by atoms with E-state index in [4.69, 9.17) is 4.74 Å². The van der Waals surface area contributed by atoms with E-state index in [-0.39, 0.29) is 5.91 Å². The third-order valence-corrected chi connectivity index (χ3v) is 3.64. The minimum absolute atomic E-state index is 0.129. The molecular formula is C13H25NO2. The fourth-order valence-corrected chi connectivity index (χ4v) is 2.39. The van der Waals surface area contributed by atoms with Gasteiger partial charge in [-0.2, -0.15) is 0 Å². The molecule has 0 heterocycles. The Balaban J connectivity index is 2.69. The second kappa shape index (κ2) is 5.67. The smallest absolute Gasteiger partial charge is 0.254 e. The van der Waals surface area contributed by atoms with Crippen LogP contribution in [0.2, 0.25) is 0 Å². The van der Waals surface area contributed by atoms with E-state index in [9.17, 15) is 4.79 Å². The van der Waals surface area contributed by atoms with Crippen LogP contribution in [0.5, 0.6) is 0 Å². The molecule has 0 radical (unpaired) electrons. The molecule has 1 aliphatic carbocycles. The van der Waals surface area contributed by atoms with Gasteiger partial charge in [-0.05, 0) is 33.6 Å². The lowest BCUT2D eigenvalue weighted by molar-refractivity contribution is -0.153. The van der Waals surface area contributed by atoms with Crippen LogP contribution in [0.3, 0.4) is 0 Å². The summed E-state index contributed by atoms with van der Waals surface area (Å²) in [6, 6.07) is 0.431. The molecule has 94 valence electrons. The number of hydrogen-bond donors (Lipinski definition) is 0. The second-order valence-corrected chi connectivity index (χ2v) is 5.10. The summed E-state index contributed by atoms with van der Waals surface area (Å²) in [5.74, 6) is 0.129. The number of rotatable bonds is 4. The van der Waals surface area contributed by atoms with Gasteiger partial charge in [-0.25, -0.2) is 0 Å². The lowest BCUT2D eigenvalue weighted by Gasteiger charge is -2.38. The molecule has 1 amide bonds. The lowest BCUT2D eigenvalue weighted by atomic mass is 9.93. The maximum absolute atomic E-state index is 12.3. The van der Waals surface area contributed by atoms with Crippen LogP contribution in [0.1, 0.15) is 52.9 Å². The van der Waals surface area contributed by atoms with Crippen molar-refractivity contribution in [3.05, 3.63) is 0 Å². The Morgan fingerprint density at radius 3 is 2.31 bits per heavy atom. The maximum Gasteiger partial charge on any atom is 0.254 e. The van der Waals surface area contributed by atoms with Gasteiger partial charge in [0, 0.05) is 19.7 Å². The van der Waals surface area contributed by atoms with Gasteiger partial charge in [-0.1, -0.05) is 19.3 Å². The molecule has 0 N–H and O–H groups in total. The molecule has 1 rings (SSSR count). The van der Waals surface area contributed by atoms with Gasteiger partial charge in [-0.15, -0.1) is 0 Å². The molecule has 0 atom stereocenters. The zero-order valence-electron chi connectivity index (χ0n) is 11.1. The molecule has 0 unspecified atom stereocenters. The van der Waals surface area contributed by atoms with Crippen molar-refractivity contribution >= 4 is 5.91 Å². The van der Waals surface area contributed by atoms with Crippen LogP contribution >= 0.6 is 0 Å². The summed E-state index contributed by atoms with van der Waals surface area (Å²) in [5, 5.41) is 0. The van der Waals surface area contributed by atoms with Gasteiger partial charge in [-0.3, -0.25) is 4.79 Å². The van der Waals surface area contributed by atoms with Gasteiger partial charge < -0.3 is 9.64 Å². The molecule has 16 heavy (non-hydrogen) atoms. The van der Waals surface area contributed by atoms with Crippen molar-refractivity contribution < 1.29 is 9.53 Å². The van der Waals surface area contributed by atoms with Crippen molar-refractivity contribution in [1.82, 2.24) is 4.90 Å². The average Bonchev–Trinajstić information content (AvgIpc) is 2.31. The molecule has 0 saturated heterocycles. The van der Waals surface area contributed by atoms with Gasteiger partial charge in [0.2, 0.25) is 0 Å². The third-order valence-electron chi connectivity index (χ3n) is 3.64. The summed E-state index contributed by atoms with van der Waals surface area (Å²) >= 11 is 0. The summed E-state index contributed by atoms with van der Waals surface area (Å²) in [6.07, 6.45) is 6.12. The molecule has 1 fully saturated rings. The Morgan fingerprint density at radius 2 is 1.88 bits per heavy atom. The molecule has 0 aromatic carbocycles. The number of amides is 1. The minimum Gasteiger partial charge on any atom is -0.369 e. The van der Waals surface area contributed by atoms with Gasteiger partial charge in [0.05, 0.1) is 0 Å². The fraction of sp³-hybridized carbons (Fsp3) is 0.923. The van der Waals surface area contributed by atoms with Gasteiger partial charge in [0.1, 0.15) is 5.60 Å².